The number of carbonyl (C=O) groups excluding carboxylic acids is 1. The number of oxazole rings is 1. The largest absolute Gasteiger partial charge is 0.497 e. The number of pyridine rings is 1. The summed E-state index contributed by atoms with van der Waals surface area (Å²) in [4.78, 5) is 25.9. The lowest BCUT2D eigenvalue weighted by molar-refractivity contribution is -0.158. The molecule has 2 aromatic carbocycles. The molecule has 0 bridgehead atoms. The van der Waals surface area contributed by atoms with Gasteiger partial charge >= 0.3 is 5.97 Å². The van der Waals surface area contributed by atoms with Crippen LogP contribution in [0.3, 0.4) is 0 Å². The minimum Gasteiger partial charge on any atom is -0.497 e. The molecule has 1 fully saturated rings. The summed E-state index contributed by atoms with van der Waals surface area (Å²) in [7, 11) is 6.48. The summed E-state index contributed by atoms with van der Waals surface area (Å²) in [6.07, 6.45) is 2.68. The highest BCUT2D eigenvalue weighted by molar-refractivity contribution is 5.87. The fourth-order valence-electron chi connectivity index (χ4n) is 5.21. The summed E-state index contributed by atoms with van der Waals surface area (Å²) in [6, 6.07) is 11.7. The van der Waals surface area contributed by atoms with E-state index < -0.39 is 12.1 Å². The van der Waals surface area contributed by atoms with Gasteiger partial charge in [0.05, 0.1) is 73.7 Å². The van der Waals surface area contributed by atoms with Gasteiger partial charge in [-0.25, -0.2) is 4.79 Å². The lowest BCUT2D eigenvalue weighted by Gasteiger charge is -2.38. The van der Waals surface area contributed by atoms with Gasteiger partial charge in [-0.2, -0.15) is 4.98 Å². The van der Waals surface area contributed by atoms with E-state index in [9.17, 15) is 4.79 Å². The van der Waals surface area contributed by atoms with Crippen molar-refractivity contribution in [3.05, 3.63) is 59.9 Å². The van der Waals surface area contributed by atoms with E-state index in [1.54, 1.807) is 47.8 Å². The summed E-state index contributed by atoms with van der Waals surface area (Å²) in [5, 5.41) is 0. The van der Waals surface area contributed by atoms with Crippen LogP contribution in [-0.4, -0.2) is 76.3 Å². The summed E-state index contributed by atoms with van der Waals surface area (Å²) in [5.41, 5.74) is 3.66. The number of rotatable bonds is 12. The van der Waals surface area contributed by atoms with Gasteiger partial charge in [0.25, 0.3) is 6.01 Å². The summed E-state index contributed by atoms with van der Waals surface area (Å²) >= 11 is 0. The van der Waals surface area contributed by atoms with Crippen LogP contribution < -0.4 is 28.7 Å². The zero-order chi connectivity index (χ0) is 31.2. The van der Waals surface area contributed by atoms with E-state index in [0.29, 0.717) is 66.4 Å². The summed E-state index contributed by atoms with van der Waals surface area (Å²) in [5.74, 6) is 2.32. The second kappa shape index (κ2) is 13.7. The van der Waals surface area contributed by atoms with Gasteiger partial charge in [0.1, 0.15) is 34.2 Å². The summed E-state index contributed by atoms with van der Waals surface area (Å²) in [6.45, 7) is 5.53. The van der Waals surface area contributed by atoms with Crippen molar-refractivity contribution < 1.29 is 37.6 Å². The van der Waals surface area contributed by atoms with E-state index >= 15 is 0 Å². The number of methoxy groups -OCH3 is 4. The molecule has 5 rings (SSSR count). The first-order valence-electron chi connectivity index (χ1n) is 14.3. The molecule has 2 aromatic heterocycles. The van der Waals surface area contributed by atoms with Crippen molar-refractivity contribution in [3.63, 3.8) is 0 Å². The Morgan fingerprint density at radius 3 is 2.16 bits per heavy atom. The highest BCUT2D eigenvalue weighted by atomic mass is 16.6. The first-order valence-corrected chi connectivity index (χ1v) is 14.3. The smallest absolute Gasteiger partial charge is 0.337 e. The Morgan fingerprint density at radius 2 is 1.59 bits per heavy atom. The molecular formula is C32H38N4O8. The van der Waals surface area contributed by atoms with Crippen molar-refractivity contribution in [1.82, 2.24) is 9.97 Å². The quantitative estimate of drug-likeness (QED) is 0.209. The second-order valence-electron chi connectivity index (χ2n) is 10.3. The van der Waals surface area contributed by atoms with Crippen LogP contribution in [0.1, 0.15) is 25.0 Å². The maximum absolute atomic E-state index is 12.5. The molecule has 0 radical (unpaired) electrons. The van der Waals surface area contributed by atoms with Gasteiger partial charge in [0, 0.05) is 29.3 Å². The molecule has 234 valence electrons. The highest BCUT2D eigenvalue weighted by Gasteiger charge is 2.34. The van der Waals surface area contributed by atoms with Crippen LogP contribution in [0.4, 0.5) is 11.7 Å². The standard InChI is InChI=1S/C32H38N4O8/c1-7-42-31(37)29-18-36(20(2)19-43-29)26-15-33-14-25-30(26)44-32(34-25)35(16-21-8-10-23(38-3)12-27(21)40-5)17-22-9-11-24(39-4)13-28(22)41-6/h8-15,20,29H,7,16-19H2,1-6H3/t20-,29+/m0/s1. The first-order chi connectivity index (χ1) is 21.4. The van der Waals surface area contributed by atoms with Crippen LogP contribution in [0.5, 0.6) is 23.0 Å². The van der Waals surface area contributed by atoms with Crippen LogP contribution in [0.25, 0.3) is 11.1 Å². The Kier molecular flexibility index (Phi) is 9.59. The lowest BCUT2D eigenvalue weighted by Crippen LogP contribution is -2.51. The molecule has 12 heteroatoms. The predicted molar refractivity (Wildman–Crippen MR) is 164 cm³/mol. The maximum Gasteiger partial charge on any atom is 0.337 e. The fourth-order valence-corrected chi connectivity index (χ4v) is 5.21. The number of aromatic nitrogens is 2. The van der Waals surface area contributed by atoms with Crippen molar-refractivity contribution in [1.29, 1.82) is 0 Å². The monoisotopic (exact) mass is 606 g/mol. The van der Waals surface area contributed by atoms with Crippen molar-refractivity contribution in [2.75, 3.05) is 58.0 Å². The molecule has 3 heterocycles. The van der Waals surface area contributed by atoms with E-state index in [2.05, 4.69) is 9.88 Å². The number of esters is 1. The molecule has 2 atom stereocenters. The zero-order valence-corrected chi connectivity index (χ0v) is 25.9. The molecule has 1 saturated heterocycles. The third kappa shape index (κ3) is 6.45. The van der Waals surface area contributed by atoms with Gasteiger partial charge in [0.15, 0.2) is 11.7 Å². The van der Waals surface area contributed by atoms with Gasteiger partial charge in [-0.05, 0) is 38.1 Å². The number of benzene rings is 2. The number of carbonyl (C=O) groups is 1. The van der Waals surface area contributed by atoms with E-state index in [1.165, 1.54) is 0 Å². The normalized spacial score (nSPS) is 16.5. The Balaban J connectivity index is 1.55. The highest BCUT2D eigenvalue weighted by Crippen LogP contribution is 2.36. The minimum atomic E-state index is -0.717. The third-order valence-electron chi connectivity index (χ3n) is 7.54. The van der Waals surface area contributed by atoms with Gasteiger partial charge in [-0.3, -0.25) is 4.98 Å². The van der Waals surface area contributed by atoms with Crippen LogP contribution in [0.2, 0.25) is 0 Å². The fraction of sp³-hybridized carbons (Fsp3) is 0.406. The SMILES string of the molecule is CCOC(=O)[C@H]1CN(c2cncc3nc(N(Cc4ccc(OC)cc4OC)Cc4ccc(OC)cc4OC)oc23)[C@@H](C)CO1. The van der Waals surface area contributed by atoms with Gasteiger partial charge in [0.2, 0.25) is 0 Å². The lowest BCUT2D eigenvalue weighted by atomic mass is 10.1. The molecule has 1 aliphatic rings. The number of nitrogens with zero attached hydrogens (tertiary/aromatic N) is 4. The molecule has 0 N–H and O–H groups in total. The van der Waals surface area contributed by atoms with Gasteiger partial charge < -0.3 is 42.6 Å². The molecular weight excluding hydrogens is 568 g/mol. The Bertz CT molecular complexity index is 1530. The van der Waals surface area contributed by atoms with Crippen molar-refractivity contribution in [2.24, 2.45) is 0 Å². The van der Waals surface area contributed by atoms with Crippen molar-refractivity contribution in [3.8, 4) is 23.0 Å². The Morgan fingerprint density at radius 1 is 0.955 bits per heavy atom. The number of ether oxygens (including phenoxy) is 6. The van der Waals surface area contributed by atoms with Crippen molar-refractivity contribution >= 4 is 28.8 Å². The van der Waals surface area contributed by atoms with E-state index in [1.807, 2.05) is 48.2 Å². The Hall–Kier alpha value is -4.71. The van der Waals surface area contributed by atoms with E-state index in [4.69, 9.17) is 37.8 Å². The molecule has 44 heavy (non-hydrogen) atoms. The average Bonchev–Trinajstić information content (AvgIpc) is 3.50. The summed E-state index contributed by atoms with van der Waals surface area (Å²) < 4.78 is 39.7. The third-order valence-corrected chi connectivity index (χ3v) is 7.54. The van der Waals surface area contributed by atoms with Crippen LogP contribution in [-0.2, 0) is 27.4 Å². The maximum atomic E-state index is 12.5. The van der Waals surface area contributed by atoms with Gasteiger partial charge in [-0.15, -0.1) is 0 Å². The van der Waals surface area contributed by atoms with Crippen LogP contribution >= 0.6 is 0 Å². The molecule has 4 aromatic rings. The molecule has 0 unspecified atom stereocenters. The zero-order valence-electron chi connectivity index (χ0n) is 25.9. The van der Waals surface area contributed by atoms with Crippen LogP contribution in [0, 0.1) is 0 Å². The van der Waals surface area contributed by atoms with Crippen LogP contribution in [0.15, 0.2) is 53.2 Å². The molecule has 0 saturated carbocycles. The molecule has 0 spiro atoms. The molecule has 0 amide bonds. The molecule has 1 aliphatic heterocycles. The number of fused-ring (bicyclic) bond motifs is 1. The van der Waals surface area contributed by atoms with E-state index in [-0.39, 0.29) is 12.6 Å². The van der Waals surface area contributed by atoms with E-state index in [0.717, 1.165) is 16.8 Å². The number of hydrogen-bond acceptors (Lipinski definition) is 12. The average molecular weight is 607 g/mol. The minimum absolute atomic E-state index is 0.0372. The first kappa shape index (κ1) is 30.7. The van der Waals surface area contributed by atoms with Crippen molar-refractivity contribution in [2.45, 2.75) is 39.1 Å². The predicted octanol–water partition coefficient (Wildman–Crippen LogP) is 4.62. The topological polar surface area (TPSA) is 118 Å². The second-order valence-corrected chi connectivity index (χ2v) is 10.3. The molecule has 0 aliphatic carbocycles. The number of morpholine rings is 1. The molecule has 12 nitrogen and oxygen atoms in total. The Labute approximate surface area is 256 Å². The number of hydrogen-bond donors (Lipinski definition) is 0. The van der Waals surface area contributed by atoms with Gasteiger partial charge in [-0.1, -0.05) is 0 Å². The number of anilines is 2.